The third-order valence-electron chi connectivity index (χ3n) is 3.72. The van der Waals surface area contributed by atoms with E-state index in [-0.39, 0.29) is 5.69 Å². The van der Waals surface area contributed by atoms with Crippen molar-refractivity contribution >= 4 is 22.7 Å². The molecule has 0 fully saturated rings. The number of hydrogen-bond acceptors (Lipinski definition) is 4. The highest BCUT2D eigenvalue weighted by atomic mass is 16.3. The summed E-state index contributed by atoms with van der Waals surface area (Å²) in [6.45, 7) is 7.16. The van der Waals surface area contributed by atoms with Crippen molar-refractivity contribution in [2.75, 3.05) is 0 Å². The van der Waals surface area contributed by atoms with Gasteiger partial charge in [0.05, 0.1) is 11.6 Å². The Morgan fingerprint density at radius 3 is 2.56 bits per heavy atom. The standard InChI is InChI=1S/C19H24N3O3/c1-12(2)10-11-20-19(25)17(13(3)23)22-18(24)16-9-8-14-6-4-5-7-15(14)21-16/h4-9,11-13,17,23H,10H2,1-3H3,(H,20,25)(H,22,24)/t13-,17+/m1/s1. The van der Waals surface area contributed by atoms with Crippen molar-refractivity contribution in [3.05, 3.63) is 48.6 Å². The molecule has 0 spiro atoms. The highest BCUT2D eigenvalue weighted by molar-refractivity contribution is 5.98. The number of aliphatic hydroxyl groups excluding tert-OH is 1. The molecule has 1 heterocycles. The Labute approximate surface area is 147 Å². The smallest absolute Gasteiger partial charge is 0.270 e. The fourth-order valence-electron chi connectivity index (χ4n) is 2.30. The second-order valence-corrected chi connectivity index (χ2v) is 6.42. The number of nitrogens with zero attached hydrogens (tertiary/aromatic N) is 1. The van der Waals surface area contributed by atoms with E-state index in [1.54, 1.807) is 18.7 Å². The molecule has 0 unspecified atom stereocenters. The van der Waals surface area contributed by atoms with Gasteiger partial charge in [0.15, 0.2) is 0 Å². The van der Waals surface area contributed by atoms with Crippen LogP contribution in [0.3, 0.4) is 0 Å². The van der Waals surface area contributed by atoms with E-state index in [0.29, 0.717) is 17.9 Å². The molecule has 2 aromatic rings. The van der Waals surface area contributed by atoms with Crippen molar-refractivity contribution in [1.29, 1.82) is 0 Å². The van der Waals surface area contributed by atoms with E-state index in [4.69, 9.17) is 0 Å². The predicted octanol–water partition coefficient (Wildman–Crippen LogP) is 2.04. The number of carbonyl (C=O) groups excluding carboxylic acids is 2. The third-order valence-corrected chi connectivity index (χ3v) is 3.72. The van der Waals surface area contributed by atoms with E-state index in [1.807, 2.05) is 38.1 Å². The molecule has 2 amide bonds. The molecule has 6 nitrogen and oxygen atoms in total. The van der Waals surface area contributed by atoms with Crippen LogP contribution in [0.25, 0.3) is 10.9 Å². The Bertz CT molecular complexity index is 744. The summed E-state index contributed by atoms with van der Waals surface area (Å²) in [5, 5.41) is 15.9. The number of pyridine rings is 1. The summed E-state index contributed by atoms with van der Waals surface area (Å²) < 4.78 is 0. The van der Waals surface area contributed by atoms with Gasteiger partial charge in [-0.3, -0.25) is 9.59 Å². The van der Waals surface area contributed by atoms with Crippen LogP contribution in [0.2, 0.25) is 0 Å². The first-order valence-corrected chi connectivity index (χ1v) is 8.35. The molecule has 0 aliphatic rings. The van der Waals surface area contributed by atoms with E-state index in [0.717, 1.165) is 5.39 Å². The lowest BCUT2D eigenvalue weighted by atomic mass is 10.1. The van der Waals surface area contributed by atoms with Crippen LogP contribution in [0.1, 0.15) is 37.7 Å². The van der Waals surface area contributed by atoms with Crippen LogP contribution in [0, 0.1) is 12.5 Å². The Hall–Kier alpha value is -2.47. The molecule has 2 atom stereocenters. The first-order chi connectivity index (χ1) is 11.9. The average Bonchev–Trinajstić information content (AvgIpc) is 2.58. The summed E-state index contributed by atoms with van der Waals surface area (Å²) in [7, 11) is 0. The quantitative estimate of drug-likeness (QED) is 0.718. The average molecular weight is 342 g/mol. The first-order valence-electron chi connectivity index (χ1n) is 8.35. The molecule has 1 aromatic heterocycles. The Balaban J connectivity index is 2.06. The second kappa shape index (κ2) is 8.58. The molecule has 6 heteroatoms. The predicted molar refractivity (Wildman–Crippen MR) is 96.6 cm³/mol. The van der Waals surface area contributed by atoms with Gasteiger partial charge in [-0.25, -0.2) is 4.98 Å². The molecule has 0 saturated carbocycles. The summed E-state index contributed by atoms with van der Waals surface area (Å²) in [4.78, 5) is 28.9. The lowest BCUT2D eigenvalue weighted by Crippen LogP contribution is -2.52. The fourth-order valence-corrected chi connectivity index (χ4v) is 2.30. The molecule has 1 aromatic carbocycles. The van der Waals surface area contributed by atoms with Crippen molar-refractivity contribution in [3.63, 3.8) is 0 Å². The number of aliphatic hydroxyl groups is 1. The van der Waals surface area contributed by atoms with Gasteiger partial charge in [0.1, 0.15) is 11.7 Å². The normalized spacial score (nSPS) is 13.5. The Morgan fingerprint density at radius 1 is 1.16 bits per heavy atom. The van der Waals surface area contributed by atoms with Gasteiger partial charge in [0.2, 0.25) is 5.91 Å². The minimum absolute atomic E-state index is 0.198. The molecular formula is C19H24N3O3. The summed E-state index contributed by atoms with van der Waals surface area (Å²) in [6, 6.07) is 9.79. The number of carbonyl (C=O) groups is 2. The number of benzene rings is 1. The molecule has 0 aliphatic heterocycles. The van der Waals surface area contributed by atoms with Crippen molar-refractivity contribution < 1.29 is 14.7 Å². The SMILES string of the molecule is CC(C)C[CH]NC(=O)[C@@H](NC(=O)c1ccc2ccccc2n1)[C@@H](C)O. The number of para-hydroxylation sites is 1. The lowest BCUT2D eigenvalue weighted by molar-refractivity contribution is -0.124. The molecule has 1 radical (unpaired) electrons. The highest BCUT2D eigenvalue weighted by Gasteiger charge is 2.26. The molecule has 133 valence electrons. The minimum atomic E-state index is -1.05. The lowest BCUT2D eigenvalue weighted by Gasteiger charge is -2.21. The minimum Gasteiger partial charge on any atom is -0.391 e. The number of nitrogens with one attached hydrogen (secondary N) is 2. The largest absolute Gasteiger partial charge is 0.391 e. The summed E-state index contributed by atoms with van der Waals surface area (Å²) >= 11 is 0. The number of aromatic nitrogens is 1. The summed E-state index contributed by atoms with van der Waals surface area (Å²) in [5.74, 6) is -0.554. The van der Waals surface area contributed by atoms with Crippen molar-refractivity contribution in [2.45, 2.75) is 39.3 Å². The molecule has 3 N–H and O–H groups in total. The maximum absolute atomic E-state index is 12.4. The van der Waals surface area contributed by atoms with E-state index in [9.17, 15) is 14.7 Å². The number of fused-ring (bicyclic) bond motifs is 1. The van der Waals surface area contributed by atoms with Crippen LogP contribution in [-0.4, -0.2) is 34.1 Å². The van der Waals surface area contributed by atoms with Gasteiger partial charge >= 0.3 is 0 Å². The zero-order valence-corrected chi connectivity index (χ0v) is 14.7. The topological polar surface area (TPSA) is 91.3 Å². The number of amides is 2. The van der Waals surface area contributed by atoms with Crippen molar-refractivity contribution in [3.8, 4) is 0 Å². The van der Waals surface area contributed by atoms with Crippen LogP contribution in [-0.2, 0) is 4.79 Å². The highest BCUT2D eigenvalue weighted by Crippen LogP contribution is 2.12. The van der Waals surface area contributed by atoms with Crippen LogP contribution in [0.4, 0.5) is 0 Å². The van der Waals surface area contributed by atoms with Gasteiger partial charge in [-0.05, 0) is 31.4 Å². The van der Waals surface area contributed by atoms with E-state index in [2.05, 4.69) is 15.6 Å². The van der Waals surface area contributed by atoms with E-state index < -0.39 is 24.0 Å². The van der Waals surface area contributed by atoms with Gasteiger partial charge in [-0.15, -0.1) is 0 Å². The summed E-state index contributed by atoms with van der Waals surface area (Å²) in [5.41, 5.74) is 0.891. The first kappa shape index (κ1) is 18.9. The Kier molecular flexibility index (Phi) is 6.47. The van der Waals surface area contributed by atoms with Gasteiger partial charge in [0, 0.05) is 11.9 Å². The molecule has 0 bridgehead atoms. The van der Waals surface area contributed by atoms with Crippen LogP contribution < -0.4 is 10.6 Å². The summed E-state index contributed by atoms with van der Waals surface area (Å²) in [6.07, 6.45) is -0.324. The monoisotopic (exact) mass is 342 g/mol. The Morgan fingerprint density at radius 2 is 1.88 bits per heavy atom. The molecular weight excluding hydrogens is 318 g/mol. The van der Waals surface area contributed by atoms with Crippen LogP contribution >= 0.6 is 0 Å². The zero-order valence-electron chi connectivity index (χ0n) is 14.7. The number of hydrogen-bond donors (Lipinski definition) is 3. The van der Waals surface area contributed by atoms with Crippen molar-refractivity contribution in [1.82, 2.24) is 15.6 Å². The molecule has 0 aliphatic carbocycles. The van der Waals surface area contributed by atoms with E-state index >= 15 is 0 Å². The fraction of sp³-hybridized carbons (Fsp3) is 0.368. The van der Waals surface area contributed by atoms with E-state index in [1.165, 1.54) is 6.92 Å². The van der Waals surface area contributed by atoms with Gasteiger partial charge in [-0.2, -0.15) is 0 Å². The van der Waals surface area contributed by atoms with Crippen LogP contribution in [0.5, 0.6) is 0 Å². The maximum Gasteiger partial charge on any atom is 0.270 e. The molecule has 2 rings (SSSR count). The van der Waals surface area contributed by atoms with Crippen molar-refractivity contribution in [2.24, 2.45) is 5.92 Å². The van der Waals surface area contributed by atoms with Gasteiger partial charge in [0.25, 0.3) is 5.91 Å². The maximum atomic E-state index is 12.4. The molecule has 0 saturated heterocycles. The van der Waals surface area contributed by atoms with Gasteiger partial charge < -0.3 is 15.7 Å². The second-order valence-electron chi connectivity index (χ2n) is 6.42. The third kappa shape index (κ3) is 5.26. The number of rotatable bonds is 7. The zero-order chi connectivity index (χ0) is 18.4. The van der Waals surface area contributed by atoms with Crippen LogP contribution in [0.15, 0.2) is 36.4 Å². The molecule has 25 heavy (non-hydrogen) atoms. The van der Waals surface area contributed by atoms with Gasteiger partial charge in [-0.1, -0.05) is 38.1 Å².